The molecule has 1 aromatic carbocycles. The summed E-state index contributed by atoms with van der Waals surface area (Å²) in [5.41, 5.74) is 0.516. The van der Waals surface area contributed by atoms with Crippen molar-refractivity contribution in [2.45, 2.75) is 23.2 Å². The summed E-state index contributed by atoms with van der Waals surface area (Å²) in [6.45, 7) is -0.162. The van der Waals surface area contributed by atoms with Crippen molar-refractivity contribution in [1.29, 1.82) is 0 Å². The Bertz CT molecular complexity index is 1760. The van der Waals surface area contributed by atoms with Gasteiger partial charge in [-0.25, -0.2) is 19.3 Å². The van der Waals surface area contributed by atoms with E-state index in [4.69, 9.17) is 9.57 Å². The number of carbonyl (C=O) groups excluding carboxylic acids is 3. The van der Waals surface area contributed by atoms with E-state index < -0.39 is 40.2 Å². The number of hydrogen-bond acceptors (Lipinski definition) is 16. The van der Waals surface area contributed by atoms with Gasteiger partial charge in [-0.3, -0.25) is 29.9 Å². The maximum Gasteiger partial charge on any atom is 0.413 e. The lowest BCUT2D eigenvalue weighted by Gasteiger charge is -2.49. The normalized spacial score (nSPS) is 17.6. The third kappa shape index (κ3) is 6.92. The number of carboxylic acids is 1. The van der Waals surface area contributed by atoms with E-state index in [1.807, 2.05) is 0 Å². The highest BCUT2D eigenvalue weighted by Crippen LogP contribution is 2.41. The number of rotatable bonds is 12. The van der Waals surface area contributed by atoms with Crippen LogP contribution in [0.25, 0.3) is 0 Å². The first kappa shape index (κ1) is 32.3. The molecule has 5 rings (SSSR count). The molecule has 2 atom stereocenters. The zero-order valence-electron chi connectivity index (χ0n) is 23.7. The van der Waals surface area contributed by atoms with Crippen LogP contribution in [-0.4, -0.2) is 99.7 Å². The van der Waals surface area contributed by atoms with Crippen LogP contribution in [0.1, 0.15) is 11.3 Å². The predicted molar refractivity (Wildman–Crippen MR) is 162 cm³/mol. The number of thiazole rings is 1. The second-order valence-corrected chi connectivity index (χ2v) is 12.2. The SMILES string of the molecule is CON=C(C(=O)NC1C(=O)N2C(C(=O)O)=C(CSc3nnnn3C)CS[C@@H]12)c1csc(NC(=O)OCc2ccc([N+](=O)[O-])cc2)n1. The Morgan fingerprint density at radius 3 is 2.70 bits per heavy atom. The molecule has 1 fully saturated rings. The van der Waals surface area contributed by atoms with E-state index in [0.717, 1.165) is 16.2 Å². The van der Waals surface area contributed by atoms with Gasteiger partial charge in [-0.15, -0.1) is 28.2 Å². The molecule has 3 N–H and O–H groups in total. The summed E-state index contributed by atoms with van der Waals surface area (Å²) in [6, 6.07) is 4.43. The lowest BCUT2D eigenvalue weighted by molar-refractivity contribution is -0.384. The van der Waals surface area contributed by atoms with E-state index in [2.05, 4.69) is 36.3 Å². The number of nitro groups is 1. The van der Waals surface area contributed by atoms with E-state index in [1.54, 1.807) is 7.05 Å². The standard InChI is InChI=1S/C24H22N10O9S3/c1-32-23(28-30-31-32)46-9-12-8-44-20-16(19(36)33(20)17(12)21(37)38)26-18(35)15(29-42-2)14-10-45-22(25-14)27-24(39)43-7-11-3-5-13(6-4-11)34(40)41/h3-6,10,16,20H,7-9H2,1-2H3,(H,26,35)(H,37,38)(H,25,27,39)/t16?,20-/m0/s1. The summed E-state index contributed by atoms with van der Waals surface area (Å²) in [4.78, 5) is 71.1. The molecule has 2 aromatic heterocycles. The fraction of sp³-hybridized carbons (Fsp3) is 0.292. The Kier molecular flexibility index (Phi) is 9.77. The summed E-state index contributed by atoms with van der Waals surface area (Å²) >= 11 is 3.49. The molecule has 19 nitrogen and oxygen atoms in total. The van der Waals surface area contributed by atoms with Gasteiger partial charge in [-0.2, -0.15) is 0 Å². The molecule has 46 heavy (non-hydrogen) atoms. The number of aryl methyl sites for hydroxylation is 1. The van der Waals surface area contributed by atoms with E-state index >= 15 is 0 Å². The number of thioether (sulfide) groups is 2. The Hall–Kier alpha value is -5.09. The molecule has 0 saturated carbocycles. The molecule has 22 heteroatoms. The second kappa shape index (κ2) is 13.9. The van der Waals surface area contributed by atoms with Crippen LogP contribution in [0.2, 0.25) is 0 Å². The fourth-order valence-corrected chi connectivity index (χ4v) is 7.24. The summed E-state index contributed by atoms with van der Waals surface area (Å²) in [7, 11) is 2.86. The molecular weight excluding hydrogens is 669 g/mol. The zero-order chi connectivity index (χ0) is 33.0. The maximum absolute atomic E-state index is 13.2. The van der Waals surface area contributed by atoms with Crippen molar-refractivity contribution in [3.63, 3.8) is 0 Å². The van der Waals surface area contributed by atoms with Gasteiger partial charge in [0.2, 0.25) is 5.16 Å². The number of hydrogen-bond donors (Lipinski definition) is 3. The van der Waals surface area contributed by atoms with Gasteiger partial charge in [0.1, 0.15) is 36.5 Å². The third-order valence-electron chi connectivity index (χ3n) is 6.36. The number of nitrogens with zero attached hydrogens (tertiary/aromatic N) is 8. The number of non-ortho nitro benzene ring substituents is 1. The number of nitrogens with one attached hydrogen (secondary N) is 2. The minimum atomic E-state index is -1.27. The molecule has 0 aliphatic carbocycles. The van der Waals surface area contributed by atoms with Crippen molar-refractivity contribution in [2.24, 2.45) is 12.2 Å². The van der Waals surface area contributed by atoms with Gasteiger partial charge >= 0.3 is 12.1 Å². The molecule has 4 heterocycles. The molecule has 0 bridgehead atoms. The van der Waals surface area contributed by atoms with E-state index in [1.165, 1.54) is 65.0 Å². The van der Waals surface area contributed by atoms with Crippen LogP contribution < -0.4 is 10.6 Å². The third-order valence-corrected chi connectivity index (χ3v) is 9.56. The predicted octanol–water partition coefficient (Wildman–Crippen LogP) is 1.20. The van der Waals surface area contributed by atoms with Crippen LogP contribution in [0, 0.1) is 10.1 Å². The Morgan fingerprint density at radius 1 is 1.28 bits per heavy atom. The minimum Gasteiger partial charge on any atom is -0.477 e. The Labute approximate surface area is 270 Å². The summed E-state index contributed by atoms with van der Waals surface area (Å²) < 4.78 is 6.56. The van der Waals surface area contributed by atoms with Crippen LogP contribution in [0.3, 0.4) is 0 Å². The molecule has 1 unspecified atom stereocenters. The van der Waals surface area contributed by atoms with Gasteiger partial charge in [0.15, 0.2) is 10.8 Å². The van der Waals surface area contributed by atoms with Crippen molar-refractivity contribution in [2.75, 3.05) is 23.9 Å². The number of aliphatic carboxylic acids is 1. The van der Waals surface area contributed by atoms with Crippen LogP contribution in [0.15, 0.2) is 51.2 Å². The Balaban J connectivity index is 1.19. The van der Waals surface area contributed by atoms with E-state index in [0.29, 0.717) is 22.0 Å². The maximum atomic E-state index is 13.2. The van der Waals surface area contributed by atoms with Crippen molar-refractivity contribution in [3.8, 4) is 0 Å². The number of nitro benzene ring substituents is 1. The van der Waals surface area contributed by atoms with Crippen molar-refractivity contribution in [1.82, 2.24) is 35.4 Å². The first-order valence-electron chi connectivity index (χ1n) is 12.9. The van der Waals surface area contributed by atoms with Crippen LogP contribution in [-0.2, 0) is 37.6 Å². The fourth-order valence-electron chi connectivity index (χ4n) is 4.22. The van der Waals surface area contributed by atoms with Gasteiger partial charge < -0.3 is 20.0 Å². The highest BCUT2D eigenvalue weighted by molar-refractivity contribution is 8.01. The largest absolute Gasteiger partial charge is 0.477 e. The van der Waals surface area contributed by atoms with Gasteiger partial charge in [0.25, 0.3) is 17.5 Å². The van der Waals surface area contributed by atoms with E-state index in [-0.39, 0.29) is 40.3 Å². The van der Waals surface area contributed by atoms with Crippen molar-refractivity contribution < 1.29 is 38.8 Å². The number of oxime groups is 1. The second-order valence-electron chi connectivity index (χ2n) is 9.28. The Morgan fingerprint density at radius 2 is 2.04 bits per heavy atom. The van der Waals surface area contributed by atoms with Gasteiger partial charge in [-0.05, 0) is 33.7 Å². The number of aromatic nitrogens is 5. The van der Waals surface area contributed by atoms with Crippen LogP contribution in [0.5, 0.6) is 0 Å². The molecule has 3 amide bonds. The molecule has 0 spiro atoms. The number of amides is 3. The molecule has 1 saturated heterocycles. The zero-order valence-corrected chi connectivity index (χ0v) is 26.1. The summed E-state index contributed by atoms with van der Waals surface area (Å²) in [5, 5.41) is 41.9. The highest BCUT2D eigenvalue weighted by Gasteiger charge is 2.54. The molecule has 2 aliphatic heterocycles. The van der Waals surface area contributed by atoms with Gasteiger partial charge in [0, 0.05) is 36.1 Å². The summed E-state index contributed by atoms with van der Waals surface area (Å²) in [5.74, 6) is -2.16. The number of tetrazole rings is 1. The average molecular weight is 691 g/mol. The van der Waals surface area contributed by atoms with Crippen LogP contribution in [0.4, 0.5) is 15.6 Å². The van der Waals surface area contributed by atoms with Gasteiger partial charge in [-0.1, -0.05) is 16.9 Å². The number of anilines is 1. The monoisotopic (exact) mass is 690 g/mol. The van der Waals surface area contributed by atoms with Gasteiger partial charge in [0.05, 0.1) is 4.92 Å². The quantitative estimate of drug-likeness (QED) is 0.0794. The topological polar surface area (TPSA) is 246 Å². The average Bonchev–Trinajstić information content (AvgIpc) is 3.67. The molecular formula is C24H22N10O9S3. The lowest BCUT2D eigenvalue weighted by atomic mass is 10.0. The number of carbonyl (C=O) groups is 4. The van der Waals surface area contributed by atoms with Crippen molar-refractivity contribution in [3.05, 3.63) is 62.3 Å². The molecule has 0 radical (unpaired) electrons. The molecule has 3 aromatic rings. The first-order valence-corrected chi connectivity index (χ1v) is 15.8. The first-order chi connectivity index (χ1) is 22.1. The number of ether oxygens (including phenoxy) is 1. The molecule has 240 valence electrons. The number of β-lactam (4-membered cyclic amide) rings is 1. The smallest absolute Gasteiger partial charge is 0.413 e. The minimum absolute atomic E-state index is 0.0265. The number of carboxylic acid groups (broad SMARTS) is 1. The van der Waals surface area contributed by atoms with Crippen molar-refractivity contribution >= 4 is 75.3 Å². The lowest BCUT2D eigenvalue weighted by Crippen LogP contribution is -2.71. The molecule has 2 aliphatic rings. The highest BCUT2D eigenvalue weighted by atomic mass is 32.2. The summed E-state index contributed by atoms with van der Waals surface area (Å²) in [6.07, 6.45) is -0.864. The number of benzene rings is 1. The van der Waals surface area contributed by atoms with E-state index in [9.17, 15) is 34.4 Å². The number of fused-ring (bicyclic) bond motifs is 1. The van der Waals surface area contributed by atoms with Crippen LogP contribution >= 0.6 is 34.9 Å².